The Morgan fingerprint density at radius 1 is 0.947 bits per heavy atom. The Morgan fingerprint density at radius 3 is 2.21 bits per heavy atom. The van der Waals surface area contributed by atoms with Crippen molar-refractivity contribution in [3.63, 3.8) is 0 Å². The van der Waals surface area contributed by atoms with Crippen molar-refractivity contribution in [1.82, 2.24) is 0 Å². The normalized spacial score (nSPS) is 11.5. The Balaban J connectivity index is 3.63. The highest BCUT2D eigenvalue weighted by atomic mass is 16.7. The van der Waals surface area contributed by atoms with Gasteiger partial charge in [-0.15, -0.1) is 0 Å². The third-order valence-electron chi connectivity index (χ3n) is 2.60. The summed E-state index contributed by atoms with van der Waals surface area (Å²) < 4.78 is 18.7. The average Bonchev–Trinajstić information content (AvgIpc) is 2.42. The summed E-state index contributed by atoms with van der Waals surface area (Å²) in [5.41, 5.74) is 0. The van der Waals surface area contributed by atoms with E-state index >= 15 is 0 Å². The van der Waals surface area contributed by atoms with Crippen molar-refractivity contribution < 1.29 is 28.5 Å². The lowest BCUT2D eigenvalue weighted by molar-refractivity contribution is 0.0289. The van der Waals surface area contributed by atoms with Crippen molar-refractivity contribution >= 4 is 12.3 Å². The topological polar surface area (TPSA) is 71.1 Å². The van der Waals surface area contributed by atoms with Crippen LogP contribution < -0.4 is 0 Å². The predicted octanol–water partition coefficient (Wildman–Crippen LogP) is 3.28. The van der Waals surface area contributed by atoms with Crippen molar-refractivity contribution in [2.24, 2.45) is 0 Å². The van der Waals surface area contributed by atoms with Crippen LogP contribution in [-0.4, -0.2) is 39.2 Å². The number of carbonyl (C=O) groups is 2. The van der Waals surface area contributed by atoms with Gasteiger partial charge in [0, 0.05) is 0 Å². The Hall–Kier alpha value is -1.46. The smallest absolute Gasteiger partial charge is 0.438 e. The van der Waals surface area contributed by atoms with Crippen LogP contribution in [0.4, 0.5) is 9.59 Å². The molecule has 0 saturated heterocycles. The van der Waals surface area contributed by atoms with Crippen molar-refractivity contribution in [3.8, 4) is 0 Å². The Morgan fingerprint density at radius 2 is 1.63 bits per heavy atom. The van der Waals surface area contributed by atoms with Gasteiger partial charge >= 0.3 is 12.3 Å². The zero-order chi connectivity index (χ0) is 14.5. The van der Waals surface area contributed by atoms with Gasteiger partial charge in [-0.05, 0) is 32.1 Å². The molecule has 0 spiro atoms. The van der Waals surface area contributed by atoms with E-state index in [9.17, 15) is 9.59 Å². The summed E-state index contributed by atoms with van der Waals surface area (Å²) in [4.78, 5) is 21.7. The highest BCUT2D eigenvalue weighted by Gasteiger charge is 2.13. The molecule has 0 aromatic rings. The van der Waals surface area contributed by atoms with Crippen LogP contribution in [0.2, 0.25) is 0 Å². The largest absolute Gasteiger partial charge is 0.508 e. The van der Waals surface area contributed by atoms with Gasteiger partial charge in [-0.1, -0.05) is 13.3 Å². The van der Waals surface area contributed by atoms with Crippen LogP contribution in [0.3, 0.4) is 0 Å². The molecule has 0 aliphatic carbocycles. The monoisotopic (exact) mass is 276 g/mol. The number of ether oxygens (including phenoxy) is 4. The summed E-state index contributed by atoms with van der Waals surface area (Å²) in [6.07, 6.45) is 3.77. The first-order chi connectivity index (χ1) is 9.13. The van der Waals surface area contributed by atoms with E-state index in [1.165, 1.54) is 14.2 Å². The molecule has 0 heterocycles. The van der Waals surface area contributed by atoms with Gasteiger partial charge in [0.25, 0.3) is 0 Å². The van der Waals surface area contributed by atoms with E-state index in [2.05, 4.69) is 9.47 Å². The first-order valence-corrected chi connectivity index (χ1v) is 6.59. The second-order valence-electron chi connectivity index (χ2n) is 4.13. The number of methoxy groups -OCH3 is 2. The summed E-state index contributed by atoms with van der Waals surface area (Å²) in [5.74, 6) is 0. The van der Waals surface area contributed by atoms with E-state index in [-0.39, 0.29) is 6.10 Å². The number of unbranched alkanes of at least 4 members (excludes halogenated alkanes) is 2. The quantitative estimate of drug-likeness (QED) is 0.475. The highest BCUT2D eigenvalue weighted by Crippen LogP contribution is 2.13. The molecule has 19 heavy (non-hydrogen) atoms. The molecular weight excluding hydrogens is 252 g/mol. The number of carbonyl (C=O) groups excluding carboxylic acids is 2. The maximum absolute atomic E-state index is 11.0. The minimum Gasteiger partial charge on any atom is -0.438 e. The molecular formula is C13H24O6. The Labute approximate surface area is 114 Å². The van der Waals surface area contributed by atoms with Gasteiger partial charge in [0.05, 0.1) is 20.8 Å². The van der Waals surface area contributed by atoms with Gasteiger partial charge in [0.15, 0.2) is 0 Å². The van der Waals surface area contributed by atoms with Crippen molar-refractivity contribution in [2.45, 2.75) is 51.6 Å². The summed E-state index contributed by atoms with van der Waals surface area (Å²) in [7, 11) is 2.58. The van der Waals surface area contributed by atoms with E-state index in [4.69, 9.17) is 9.47 Å². The molecule has 0 aromatic heterocycles. The molecule has 6 nitrogen and oxygen atoms in total. The van der Waals surface area contributed by atoms with E-state index in [0.717, 1.165) is 38.5 Å². The third-order valence-corrected chi connectivity index (χ3v) is 2.60. The average molecular weight is 276 g/mol. The molecule has 0 aromatic carbocycles. The fraction of sp³-hybridized carbons (Fsp3) is 0.846. The third kappa shape index (κ3) is 10.2. The van der Waals surface area contributed by atoms with Gasteiger partial charge in [-0.2, -0.15) is 0 Å². The highest BCUT2D eigenvalue weighted by molar-refractivity contribution is 5.59. The molecule has 0 aliphatic heterocycles. The summed E-state index contributed by atoms with van der Waals surface area (Å²) in [6.45, 7) is 2.39. The van der Waals surface area contributed by atoms with E-state index in [0.29, 0.717) is 6.61 Å². The van der Waals surface area contributed by atoms with Crippen LogP contribution in [0.5, 0.6) is 0 Å². The molecule has 1 atom stereocenters. The van der Waals surface area contributed by atoms with Gasteiger partial charge < -0.3 is 18.9 Å². The van der Waals surface area contributed by atoms with E-state index < -0.39 is 12.3 Å². The number of rotatable bonds is 9. The SMILES string of the molecule is CCCC(CCCCCOC(=O)OC)OC(=O)OC. The molecule has 0 aliphatic rings. The van der Waals surface area contributed by atoms with Gasteiger partial charge in [-0.25, -0.2) is 9.59 Å². The molecule has 0 N–H and O–H groups in total. The first kappa shape index (κ1) is 17.5. The summed E-state index contributed by atoms with van der Waals surface area (Å²) in [6, 6.07) is 0. The van der Waals surface area contributed by atoms with Crippen molar-refractivity contribution in [3.05, 3.63) is 0 Å². The molecule has 112 valence electrons. The minimum absolute atomic E-state index is 0.0982. The summed E-state index contributed by atoms with van der Waals surface area (Å²) in [5, 5.41) is 0. The van der Waals surface area contributed by atoms with Crippen LogP contribution >= 0.6 is 0 Å². The first-order valence-electron chi connectivity index (χ1n) is 6.59. The van der Waals surface area contributed by atoms with Crippen LogP contribution in [0.15, 0.2) is 0 Å². The second-order valence-corrected chi connectivity index (χ2v) is 4.13. The fourth-order valence-corrected chi connectivity index (χ4v) is 1.63. The second kappa shape index (κ2) is 11.6. The molecule has 0 rings (SSSR count). The molecule has 1 unspecified atom stereocenters. The molecule has 6 heteroatoms. The fourth-order valence-electron chi connectivity index (χ4n) is 1.63. The minimum atomic E-state index is -0.655. The van der Waals surface area contributed by atoms with E-state index in [1.54, 1.807) is 0 Å². The zero-order valence-corrected chi connectivity index (χ0v) is 12.0. The Kier molecular flexibility index (Phi) is 10.7. The predicted molar refractivity (Wildman–Crippen MR) is 69.0 cm³/mol. The van der Waals surface area contributed by atoms with Gasteiger partial charge in [0.2, 0.25) is 0 Å². The molecule has 0 radical (unpaired) electrons. The van der Waals surface area contributed by atoms with Crippen LogP contribution in [0.25, 0.3) is 0 Å². The van der Waals surface area contributed by atoms with Crippen molar-refractivity contribution in [1.29, 1.82) is 0 Å². The zero-order valence-electron chi connectivity index (χ0n) is 12.0. The lowest BCUT2D eigenvalue weighted by Gasteiger charge is -2.16. The van der Waals surface area contributed by atoms with Gasteiger partial charge in [0.1, 0.15) is 6.10 Å². The van der Waals surface area contributed by atoms with Crippen LogP contribution in [0, 0.1) is 0 Å². The van der Waals surface area contributed by atoms with E-state index in [1.807, 2.05) is 6.92 Å². The van der Waals surface area contributed by atoms with Crippen LogP contribution in [0.1, 0.15) is 45.4 Å². The molecule has 0 bridgehead atoms. The van der Waals surface area contributed by atoms with Crippen LogP contribution in [-0.2, 0) is 18.9 Å². The lowest BCUT2D eigenvalue weighted by atomic mass is 10.1. The summed E-state index contributed by atoms with van der Waals surface area (Å²) >= 11 is 0. The number of hydrogen-bond donors (Lipinski definition) is 0. The maximum atomic E-state index is 11.0. The standard InChI is InChI=1S/C13H24O6/c1-4-8-11(19-13(15)17-3)9-6-5-7-10-18-12(14)16-2/h11H,4-10H2,1-3H3. The Bertz CT molecular complexity index is 254. The number of hydrogen-bond acceptors (Lipinski definition) is 6. The van der Waals surface area contributed by atoms with Crippen molar-refractivity contribution in [2.75, 3.05) is 20.8 Å². The maximum Gasteiger partial charge on any atom is 0.508 e. The van der Waals surface area contributed by atoms with Gasteiger partial charge in [-0.3, -0.25) is 0 Å². The lowest BCUT2D eigenvalue weighted by Crippen LogP contribution is -2.18. The molecule has 0 amide bonds. The molecule has 0 saturated carbocycles. The molecule has 0 fully saturated rings.